The van der Waals surface area contributed by atoms with Gasteiger partial charge in [-0.05, 0) is 32.0 Å². The Balaban J connectivity index is 1.42. The Morgan fingerprint density at radius 1 is 1.19 bits per heavy atom. The van der Waals surface area contributed by atoms with E-state index in [0.717, 1.165) is 49.7 Å². The average molecular weight is 354 g/mol. The summed E-state index contributed by atoms with van der Waals surface area (Å²) >= 11 is 0. The minimum Gasteiger partial charge on any atom is -0.379 e. The predicted octanol–water partition coefficient (Wildman–Crippen LogP) is 1.70. The lowest BCUT2D eigenvalue weighted by atomic mass is 10.1. The molecule has 6 heteroatoms. The van der Waals surface area contributed by atoms with E-state index in [1.165, 1.54) is 12.8 Å². The molecule has 3 heterocycles. The van der Waals surface area contributed by atoms with E-state index < -0.39 is 0 Å². The van der Waals surface area contributed by atoms with E-state index in [4.69, 9.17) is 9.72 Å². The average Bonchev–Trinajstić information content (AvgIpc) is 3.42. The number of likely N-dealkylation sites (N-methyl/N-ethyl adjacent to an activating group) is 1. The maximum absolute atomic E-state index is 13.2. The van der Waals surface area contributed by atoms with Crippen molar-refractivity contribution in [2.24, 2.45) is 5.92 Å². The highest BCUT2D eigenvalue weighted by molar-refractivity contribution is 5.81. The number of carbonyl (C=O) groups is 1. The van der Waals surface area contributed by atoms with Crippen LogP contribution in [-0.2, 0) is 16.1 Å². The largest absolute Gasteiger partial charge is 0.379 e. The van der Waals surface area contributed by atoms with Crippen LogP contribution in [0.2, 0.25) is 0 Å². The van der Waals surface area contributed by atoms with Crippen LogP contribution in [0.15, 0.2) is 24.3 Å². The molecular formula is C20H26N4O2. The first-order chi connectivity index (χ1) is 12.7. The molecular weight excluding hydrogens is 328 g/mol. The van der Waals surface area contributed by atoms with Crippen molar-refractivity contribution >= 4 is 16.9 Å². The molecule has 0 spiro atoms. The molecule has 138 valence electrons. The van der Waals surface area contributed by atoms with E-state index in [9.17, 15) is 4.79 Å². The zero-order chi connectivity index (χ0) is 17.7. The molecule has 3 aliphatic rings. The Bertz CT molecular complexity index is 828. The molecule has 5 rings (SSSR count). The molecule has 2 aromatic rings. The number of aromatic nitrogens is 2. The third-order valence-electron chi connectivity index (χ3n) is 6.02. The molecule has 2 saturated heterocycles. The van der Waals surface area contributed by atoms with E-state index >= 15 is 0 Å². The van der Waals surface area contributed by atoms with Gasteiger partial charge >= 0.3 is 0 Å². The molecule has 2 atom stereocenters. The van der Waals surface area contributed by atoms with E-state index in [1.54, 1.807) is 0 Å². The number of carbonyl (C=O) groups excluding carboxylic acids is 1. The van der Waals surface area contributed by atoms with Crippen molar-refractivity contribution in [3.63, 3.8) is 0 Å². The highest BCUT2D eigenvalue weighted by Gasteiger charge is 2.35. The second kappa shape index (κ2) is 6.35. The maximum Gasteiger partial charge on any atom is 0.242 e. The van der Waals surface area contributed by atoms with Gasteiger partial charge in [0.1, 0.15) is 12.4 Å². The van der Waals surface area contributed by atoms with Crippen LogP contribution >= 0.6 is 0 Å². The third-order valence-corrected chi connectivity index (χ3v) is 6.02. The second-order valence-corrected chi connectivity index (χ2v) is 8.11. The summed E-state index contributed by atoms with van der Waals surface area (Å²) in [5.74, 6) is 2.23. The normalized spacial score (nSPS) is 26.9. The van der Waals surface area contributed by atoms with Gasteiger partial charge in [0.15, 0.2) is 0 Å². The summed E-state index contributed by atoms with van der Waals surface area (Å²) < 4.78 is 7.95. The number of nitrogens with zero attached hydrogens (tertiary/aromatic N) is 4. The first-order valence-electron chi connectivity index (χ1n) is 9.70. The Morgan fingerprint density at radius 3 is 2.88 bits per heavy atom. The number of ether oxygens (including phenoxy) is 1. The first-order valence-corrected chi connectivity index (χ1v) is 9.70. The number of imidazole rings is 1. The molecule has 0 unspecified atom stereocenters. The molecule has 26 heavy (non-hydrogen) atoms. The summed E-state index contributed by atoms with van der Waals surface area (Å²) in [4.78, 5) is 22.5. The summed E-state index contributed by atoms with van der Waals surface area (Å²) in [6.45, 7) is 4.44. The number of hydrogen-bond acceptors (Lipinski definition) is 4. The van der Waals surface area contributed by atoms with E-state index in [0.29, 0.717) is 24.4 Å². The van der Waals surface area contributed by atoms with Crippen LogP contribution in [0.4, 0.5) is 0 Å². The molecule has 6 nitrogen and oxygen atoms in total. The van der Waals surface area contributed by atoms with Gasteiger partial charge in [0.2, 0.25) is 5.91 Å². The van der Waals surface area contributed by atoms with Crippen LogP contribution in [0.1, 0.15) is 24.6 Å². The van der Waals surface area contributed by atoms with Crippen LogP contribution in [0.25, 0.3) is 11.0 Å². The molecule has 1 aliphatic carbocycles. The highest BCUT2D eigenvalue weighted by Crippen LogP contribution is 2.40. The number of benzene rings is 1. The number of hydrogen-bond donors (Lipinski definition) is 0. The molecule has 1 aromatic heterocycles. The summed E-state index contributed by atoms with van der Waals surface area (Å²) in [7, 11) is 2.15. The Labute approximate surface area is 153 Å². The SMILES string of the molecule is CN1C[C@H]2COC[C@@H]1CN(C(=O)Cn1c(C3CC3)nc3ccccc31)C2. The van der Waals surface area contributed by atoms with E-state index in [1.807, 2.05) is 18.2 Å². The summed E-state index contributed by atoms with van der Waals surface area (Å²) in [6.07, 6.45) is 2.38. The summed E-state index contributed by atoms with van der Waals surface area (Å²) in [6, 6.07) is 8.48. The van der Waals surface area contributed by atoms with Gasteiger partial charge in [-0.2, -0.15) is 0 Å². The van der Waals surface area contributed by atoms with Gasteiger partial charge in [-0.3, -0.25) is 9.69 Å². The smallest absolute Gasteiger partial charge is 0.242 e. The van der Waals surface area contributed by atoms with E-state index in [2.05, 4.69) is 27.5 Å². The number of para-hydroxylation sites is 2. The van der Waals surface area contributed by atoms with Crippen LogP contribution in [0.3, 0.4) is 0 Å². The van der Waals surface area contributed by atoms with Gasteiger partial charge in [-0.1, -0.05) is 12.1 Å². The van der Waals surface area contributed by atoms with Crippen molar-refractivity contribution in [3.8, 4) is 0 Å². The van der Waals surface area contributed by atoms with Gasteiger partial charge in [0.05, 0.1) is 30.3 Å². The van der Waals surface area contributed by atoms with Gasteiger partial charge in [0, 0.05) is 31.5 Å². The first kappa shape index (κ1) is 16.3. The molecule has 0 N–H and O–H groups in total. The van der Waals surface area contributed by atoms with Gasteiger partial charge < -0.3 is 14.2 Å². The molecule has 1 aromatic carbocycles. The van der Waals surface area contributed by atoms with Crippen molar-refractivity contribution in [2.75, 3.05) is 39.9 Å². The standard InChI is InChI=1S/C20H26N4O2/c1-22-8-14-9-23(10-16(22)13-26-12-14)19(25)11-24-18-5-3-2-4-17(18)21-20(24)15-6-7-15/h2-5,14-16H,6-13H2,1H3/t14-,16+/m1/s1. The van der Waals surface area contributed by atoms with Gasteiger partial charge in [-0.15, -0.1) is 0 Å². The number of fused-ring (bicyclic) bond motifs is 4. The van der Waals surface area contributed by atoms with Gasteiger partial charge in [0.25, 0.3) is 0 Å². The van der Waals surface area contributed by atoms with Gasteiger partial charge in [-0.25, -0.2) is 4.98 Å². The fourth-order valence-corrected chi connectivity index (χ4v) is 4.40. The zero-order valence-electron chi connectivity index (χ0n) is 15.3. The maximum atomic E-state index is 13.2. The van der Waals surface area contributed by atoms with Crippen LogP contribution in [0.5, 0.6) is 0 Å². The minimum absolute atomic E-state index is 0.210. The van der Waals surface area contributed by atoms with E-state index in [-0.39, 0.29) is 5.91 Å². The third kappa shape index (κ3) is 2.91. The Hall–Kier alpha value is -1.92. The molecule has 3 fully saturated rings. The summed E-state index contributed by atoms with van der Waals surface area (Å²) in [5, 5.41) is 0. The lowest BCUT2D eigenvalue weighted by molar-refractivity contribution is -0.133. The summed E-state index contributed by atoms with van der Waals surface area (Å²) in [5.41, 5.74) is 2.08. The Morgan fingerprint density at radius 2 is 2.04 bits per heavy atom. The fourth-order valence-electron chi connectivity index (χ4n) is 4.40. The second-order valence-electron chi connectivity index (χ2n) is 8.11. The van der Waals surface area contributed by atoms with Crippen LogP contribution in [0, 0.1) is 5.92 Å². The zero-order valence-corrected chi connectivity index (χ0v) is 15.3. The van der Waals surface area contributed by atoms with Crippen molar-refractivity contribution in [1.82, 2.24) is 19.4 Å². The van der Waals surface area contributed by atoms with Crippen molar-refractivity contribution < 1.29 is 9.53 Å². The highest BCUT2D eigenvalue weighted by atomic mass is 16.5. The number of amides is 1. The fraction of sp³-hybridized carbons (Fsp3) is 0.600. The van der Waals surface area contributed by atoms with Crippen LogP contribution in [-0.4, -0.2) is 71.2 Å². The topological polar surface area (TPSA) is 50.6 Å². The minimum atomic E-state index is 0.210. The van der Waals surface area contributed by atoms with Crippen molar-refractivity contribution in [1.29, 1.82) is 0 Å². The van der Waals surface area contributed by atoms with Crippen molar-refractivity contribution in [2.45, 2.75) is 31.3 Å². The molecule has 1 amide bonds. The monoisotopic (exact) mass is 354 g/mol. The van der Waals surface area contributed by atoms with Crippen molar-refractivity contribution in [3.05, 3.63) is 30.1 Å². The Kier molecular flexibility index (Phi) is 3.98. The molecule has 2 aliphatic heterocycles. The lowest BCUT2D eigenvalue weighted by Crippen LogP contribution is -2.45. The molecule has 0 radical (unpaired) electrons. The number of rotatable bonds is 3. The van der Waals surface area contributed by atoms with Crippen LogP contribution < -0.4 is 0 Å². The molecule has 2 bridgehead atoms. The molecule has 1 saturated carbocycles. The predicted molar refractivity (Wildman–Crippen MR) is 99.0 cm³/mol. The quantitative estimate of drug-likeness (QED) is 0.842. The lowest BCUT2D eigenvalue weighted by Gasteiger charge is -2.30.